The highest BCUT2D eigenvalue weighted by Crippen LogP contribution is 2.31. The molecule has 92 valence electrons. The van der Waals surface area contributed by atoms with Crippen molar-refractivity contribution in [3.63, 3.8) is 0 Å². The Balaban J connectivity index is 3.55. The van der Waals surface area contributed by atoms with Crippen LogP contribution in [0.15, 0.2) is 12.1 Å². The van der Waals surface area contributed by atoms with Gasteiger partial charge >= 0.3 is 5.97 Å². The highest BCUT2D eigenvalue weighted by molar-refractivity contribution is 6.41. The fourth-order valence-corrected chi connectivity index (χ4v) is 1.79. The zero-order chi connectivity index (χ0) is 13.2. The first-order chi connectivity index (χ1) is 7.90. The monoisotopic (exact) mass is 236 g/mol. The number of benzene rings is 1. The van der Waals surface area contributed by atoms with Crippen molar-refractivity contribution in [3.8, 4) is 5.75 Å². The van der Waals surface area contributed by atoms with E-state index in [4.69, 9.17) is 9.84 Å². The van der Waals surface area contributed by atoms with Crippen LogP contribution in [0.4, 0.5) is 0 Å². The second-order valence-corrected chi connectivity index (χ2v) is 4.17. The lowest BCUT2D eigenvalue weighted by atomic mass is 9.92. The van der Waals surface area contributed by atoms with Crippen LogP contribution in [0, 0.1) is 6.92 Å². The van der Waals surface area contributed by atoms with Crippen LogP contribution >= 0.6 is 0 Å². The summed E-state index contributed by atoms with van der Waals surface area (Å²) < 4.78 is 5.15. The molecular weight excluding hydrogens is 220 g/mol. The largest absolute Gasteiger partial charge is 0.496 e. The second-order valence-electron chi connectivity index (χ2n) is 4.17. The zero-order valence-electron chi connectivity index (χ0n) is 10.4. The van der Waals surface area contributed by atoms with Gasteiger partial charge in [0.25, 0.3) is 5.78 Å². The summed E-state index contributed by atoms with van der Waals surface area (Å²) in [5.41, 5.74) is 1.61. The van der Waals surface area contributed by atoms with Crippen molar-refractivity contribution in [3.05, 3.63) is 28.8 Å². The predicted molar refractivity (Wildman–Crippen MR) is 63.8 cm³/mol. The molecule has 0 aliphatic carbocycles. The van der Waals surface area contributed by atoms with Gasteiger partial charge in [-0.15, -0.1) is 0 Å². The predicted octanol–water partition coefficient (Wildman–Crippen LogP) is 2.39. The van der Waals surface area contributed by atoms with Crippen LogP contribution in [0.5, 0.6) is 5.75 Å². The lowest BCUT2D eigenvalue weighted by Gasteiger charge is -2.16. The quantitative estimate of drug-likeness (QED) is 0.644. The smallest absolute Gasteiger partial charge is 0.377 e. The lowest BCUT2D eigenvalue weighted by molar-refractivity contribution is -0.131. The summed E-state index contributed by atoms with van der Waals surface area (Å²) in [5, 5.41) is 8.85. The van der Waals surface area contributed by atoms with Gasteiger partial charge in [-0.1, -0.05) is 26.0 Å². The SMILES string of the molecule is COc1c(C)ccc(C(C)C)c1C(=O)C(=O)O. The Morgan fingerprint density at radius 1 is 1.29 bits per heavy atom. The molecule has 17 heavy (non-hydrogen) atoms. The summed E-state index contributed by atoms with van der Waals surface area (Å²) >= 11 is 0. The summed E-state index contributed by atoms with van der Waals surface area (Å²) in [6.07, 6.45) is 0. The fraction of sp³-hybridized carbons (Fsp3) is 0.385. The molecule has 0 saturated carbocycles. The third-order valence-corrected chi connectivity index (χ3v) is 2.63. The van der Waals surface area contributed by atoms with E-state index < -0.39 is 11.8 Å². The number of hydrogen-bond acceptors (Lipinski definition) is 3. The molecule has 0 amide bonds. The van der Waals surface area contributed by atoms with Crippen molar-refractivity contribution in [1.82, 2.24) is 0 Å². The number of Topliss-reactive ketones (excluding diaryl/α,β-unsaturated/α-hetero) is 1. The summed E-state index contributed by atoms with van der Waals surface area (Å²) in [6, 6.07) is 3.60. The van der Waals surface area contributed by atoms with E-state index in [1.807, 2.05) is 19.9 Å². The van der Waals surface area contributed by atoms with E-state index in [-0.39, 0.29) is 11.5 Å². The van der Waals surface area contributed by atoms with E-state index in [1.165, 1.54) is 7.11 Å². The van der Waals surface area contributed by atoms with Gasteiger partial charge in [0.2, 0.25) is 0 Å². The maximum Gasteiger partial charge on any atom is 0.377 e. The molecule has 0 saturated heterocycles. The van der Waals surface area contributed by atoms with Crippen LogP contribution in [0.1, 0.15) is 41.3 Å². The third-order valence-electron chi connectivity index (χ3n) is 2.63. The van der Waals surface area contributed by atoms with Crippen molar-refractivity contribution >= 4 is 11.8 Å². The molecule has 1 rings (SSSR count). The Labute approximate surface area is 100 Å². The first kappa shape index (κ1) is 13.2. The van der Waals surface area contributed by atoms with E-state index in [9.17, 15) is 9.59 Å². The standard InChI is InChI=1S/C13H16O4/c1-7(2)9-6-5-8(3)12(17-4)10(9)11(14)13(15)16/h5-7H,1-4H3,(H,15,16). The molecule has 0 bridgehead atoms. The van der Waals surface area contributed by atoms with Crippen molar-refractivity contribution in [2.45, 2.75) is 26.7 Å². The number of carboxylic acids is 1. The summed E-state index contributed by atoms with van der Waals surface area (Å²) in [4.78, 5) is 22.6. The Morgan fingerprint density at radius 2 is 1.88 bits per heavy atom. The van der Waals surface area contributed by atoms with Gasteiger partial charge in [0.1, 0.15) is 5.75 Å². The molecule has 0 unspecified atom stereocenters. The number of hydrogen-bond donors (Lipinski definition) is 1. The Kier molecular flexibility index (Phi) is 3.89. The first-order valence-electron chi connectivity index (χ1n) is 5.35. The average Bonchev–Trinajstić information content (AvgIpc) is 2.26. The van der Waals surface area contributed by atoms with Crippen LogP contribution in [0.25, 0.3) is 0 Å². The fourth-order valence-electron chi connectivity index (χ4n) is 1.79. The molecule has 0 atom stereocenters. The minimum Gasteiger partial charge on any atom is -0.496 e. The number of aliphatic carboxylic acids is 1. The number of methoxy groups -OCH3 is 1. The van der Waals surface area contributed by atoms with E-state index in [0.717, 1.165) is 5.56 Å². The van der Waals surface area contributed by atoms with E-state index in [1.54, 1.807) is 13.0 Å². The van der Waals surface area contributed by atoms with Gasteiger partial charge in [-0.05, 0) is 24.0 Å². The molecule has 1 N–H and O–H groups in total. The second kappa shape index (κ2) is 4.99. The molecule has 0 radical (unpaired) electrons. The van der Waals surface area contributed by atoms with Gasteiger partial charge in [0, 0.05) is 0 Å². The molecule has 0 aliphatic heterocycles. The van der Waals surface area contributed by atoms with E-state index >= 15 is 0 Å². The molecule has 0 fully saturated rings. The summed E-state index contributed by atoms with van der Waals surface area (Å²) in [5.74, 6) is -1.98. The maximum atomic E-state index is 11.7. The van der Waals surface area contributed by atoms with Gasteiger partial charge in [-0.3, -0.25) is 4.79 Å². The average molecular weight is 236 g/mol. The Hall–Kier alpha value is -1.84. The normalized spacial score (nSPS) is 10.4. The minimum absolute atomic E-state index is 0.0581. The third kappa shape index (κ3) is 2.46. The first-order valence-corrected chi connectivity index (χ1v) is 5.35. The van der Waals surface area contributed by atoms with Crippen molar-refractivity contribution in [2.24, 2.45) is 0 Å². The number of carbonyl (C=O) groups is 2. The molecule has 0 aliphatic rings. The minimum atomic E-state index is -1.46. The summed E-state index contributed by atoms with van der Waals surface area (Å²) in [6.45, 7) is 5.59. The maximum absolute atomic E-state index is 11.7. The van der Waals surface area contributed by atoms with Gasteiger partial charge in [0.05, 0.1) is 12.7 Å². The highest BCUT2D eigenvalue weighted by Gasteiger charge is 2.25. The number of ether oxygens (including phenoxy) is 1. The van der Waals surface area contributed by atoms with Gasteiger partial charge in [-0.2, -0.15) is 0 Å². The van der Waals surface area contributed by atoms with Gasteiger partial charge < -0.3 is 9.84 Å². The molecular formula is C13H16O4. The number of carbonyl (C=O) groups excluding carboxylic acids is 1. The zero-order valence-corrected chi connectivity index (χ0v) is 10.4. The van der Waals surface area contributed by atoms with Crippen LogP contribution in [-0.2, 0) is 4.79 Å². The van der Waals surface area contributed by atoms with Crippen LogP contribution in [0.2, 0.25) is 0 Å². The molecule has 4 heteroatoms. The molecule has 4 nitrogen and oxygen atoms in total. The van der Waals surface area contributed by atoms with Crippen molar-refractivity contribution < 1.29 is 19.4 Å². The molecule has 0 spiro atoms. The number of aryl methyl sites for hydroxylation is 1. The van der Waals surface area contributed by atoms with Crippen LogP contribution in [-0.4, -0.2) is 24.0 Å². The van der Waals surface area contributed by atoms with Crippen LogP contribution < -0.4 is 4.74 Å². The van der Waals surface area contributed by atoms with E-state index in [2.05, 4.69) is 0 Å². The lowest BCUT2D eigenvalue weighted by Crippen LogP contribution is -2.17. The summed E-state index contributed by atoms with van der Waals surface area (Å²) in [7, 11) is 1.44. The number of ketones is 1. The Morgan fingerprint density at radius 3 is 2.29 bits per heavy atom. The van der Waals surface area contributed by atoms with Crippen LogP contribution in [0.3, 0.4) is 0 Å². The topological polar surface area (TPSA) is 63.6 Å². The van der Waals surface area contributed by atoms with Crippen molar-refractivity contribution in [1.29, 1.82) is 0 Å². The molecule has 0 aromatic heterocycles. The number of carboxylic acid groups (broad SMARTS) is 1. The Bertz CT molecular complexity index is 461. The van der Waals surface area contributed by atoms with Crippen molar-refractivity contribution in [2.75, 3.05) is 7.11 Å². The highest BCUT2D eigenvalue weighted by atomic mass is 16.5. The van der Waals surface area contributed by atoms with E-state index in [0.29, 0.717) is 11.3 Å². The van der Waals surface area contributed by atoms with Gasteiger partial charge in [-0.25, -0.2) is 4.79 Å². The van der Waals surface area contributed by atoms with Gasteiger partial charge in [0.15, 0.2) is 0 Å². The molecule has 1 aromatic rings. The molecule has 1 aromatic carbocycles. The molecule has 0 heterocycles. The number of rotatable bonds is 4.